The fourth-order valence-electron chi connectivity index (χ4n) is 1.81. The minimum atomic E-state index is -0.920. The van der Waals surface area contributed by atoms with E-state index in [4.69, 9.17) is 16.3 Å². The van der Waals surface area contributed by atoms with Crippen molar-refractivity contribution in [2.24, 2.45) is 0 Å². The quantitative estimate of drug-likeness (QED) is 0.466. The number of hydrogen-bond acceptors (Lipinski definition) is 3. The molecule has 0 saturated carbocycles. The molecule has 2 rings (SSSR count). The second-order valence-corrected chi connectivity index (χ2v) is 4.55. The number of nitro benzene ring substituents is 1. The molecule has 21 heavy (non-hydrogen) atoms. The van der Waals surface area contributed by atoms with Crippen molar-refractivity contribution in [3.05, 3.63) is 63.2 Å². The van der Waals surface area contributed by atoms with Gasteiger partial charge < -0.3 is 4.74 Å². The van der Waals surface area contributed by atoms with Crippen molar-refractivity contribution in [1.82, 2.24) is 0 Å². The zero-order valence-electron chi connectivity index (χ0n) is 10.9. The van der Waals surface area contributed by atoms with Gasteiger partial charge in [-0.25, -0.2) is 8.78 Å². The molecule has 0 aliphatic carbocycles. The van der Waals surface area contributed by atoms with E-state index in [9.17, 15) is 18.9 Å². The summed E-state index contributed by atoms with van der Waals surface area (Å²) < 4.78 is 32.8. The molecule has 2 aromatic carbocycles. The number of nitrogens with zero attached hydrogens (tertiary/aromatic N) is 1. The van der Waals surface area contributed by atoms with E-state index in [1.54, 1.807) is 0 Å². The number of hydrogen-bond donors (Lipinski definition) is 0. The highest BCUT2D eigenvalue weighted by atomic mass is 35.5. The van der Waals surface area contributed by atoms with Crippen LogP contribution < -0.4 is 4.74 Å². The molecule has 0 aliphatic heterocycles. The molecule has 110 valence electrons. The molecule has 0 unspecified atom stereocenters. The Labute approximate surface area is 124 Å². The van der Waals surface area contributed by atoms with Crippen LogP contribution in [0.25, 0.3) is 0 Å². The van der Waals surface area contributed by atoms with E-state index < -0.39 is 22.3 Å². The van der Waals surface area contributed by atoms with Gasteiger partial charge in [0.2, 0.25) is 0 Å². The third-order valence-corrected chi connectivity index (χ3v) is 3.19. The zero-order valence-corrected chi connectivity index (χ0v) is 11.7. The van der Waals surface area contributed by atoms with Crippen LogP contribution in [0.2, 0.25) is 0 Å². The minimum Gasteiger partial charge on any atom is -0.451 e. The lowest BCUT2D eigenvalue weighted by atomic mass is 10.2. The number of benzene rings is 2. The van der Waals surface area contributed by atoms with Crippen molar-refractivity contribution in [2.45, 2.75) is 12.8 Å². The van der Waals surface area contributed by atoms with Gasteiger partial charge in [-0.1, -0.05) is 6.07 Å². The highest BCUT2D eigenvalue weighted by Crippen LogP contribution is 2.34. The Bertz CT molecular complexity index is 684. The van der Waals surface area contributed by atoms with Crippen molar-refractivity contribution in [3.8, 4) is 11.5 Å². The first kappa shape index (κ1) is 15.2. The monoisotopic (exact) mass is 313 g/mol. The van der Waals surface area contributed by atoms with Gasteiger partial charge in [-0.15, -0.1) is 11.6 Å². The molecular weight excluding hydrogens is 304 g/mol. The van der Waals surface area contributed by atoms with Crippen LogP contribution in [0.15, 0.2) is 30.3 Å². The van der Waals surface area contributed by atoms with Crippen LogP contribution in [-0.2, 0) is 5.88 Å². The fourth-order valence-corrected chi connectivity index (χ4v) is 1.96. The summed E-state index contributed by atoms with van der Waals surface area (Å²) in [6, 6.07) is 6.17. The lowest BCUT2D eigenvalue weighted by Gasteiger charge is -2.11. The van der Waals surface area contributed by atoms with Gasteiger partial charge in [0.15, 0.2) is 17.4 Å². The maximum absolute atomic E-state index is 13.8. The lowest BCUT2D eigenvalue weighted by Crippen LogP contribution is -1.98. The third kappa shape index (κ3) is 3.11. The molecule has 0 atom stereocenters. The average Bonchev–Trinajstić information content (AvgIpc) is 2.43. The molecule has 0 aromatic heterocycles. The predicted molar refractivity (Wildman–Crippen MR) is 73.8 cm³/mol. The summed E-state index contributed by atoms with van der Waals surface area (Å²) in [5, 5.41) is 10.8. The summed E-state index contributed by atoms with van der Waals surface area (Å²) in [5.41, 5.74) is 0.267. The summed E-state index contributed by atoms with van der Waals surface area (Å²) in [4.78, 5) is 10.2. The van der Waals surface area contributed by atoms with E-state index in [2.05, 4.69) is 0 Å². The second-order valence-electron chi connectivity index (χ2n) is 4.28. The topological polar surface area (TPSA) is 52.4 Å². The smallest absolute Gasteiger partial charge is 0.276 e. The van der Waals surface area contributed by atoms with Crippen molar-refractivity contribution in [3.63, 3.8) is 0 Å². The van der Waals surface area contributed by atoms with E-state index >= 15 is 0 Å². The molecule has 0 N–H and O–H groups in total. The summed E-state index contributed by atoms with van der Waals surface area (Å²) in [5.74, 6) is -2.48. The first-order valence-corrected chi connectivity index (χ1v) is 6.43. The molecule has 0 radical (unpaired) electrons. The van der Waals surface area contributed by atoms with E-state index in [1.807, 2.05) is 0 Å². The highest BCUT2D eigenvalue weighted by Gasteiger charge is 2.18. The molecule has 0 bridgehead atoms. The number of alkyl halides is 1. The summed E-state index contributed by atoms with van der Waals surface area (Å²) >= 11 is 5.52. The summed E-state index contributed by atoms with van der Waals surface area (Å²) in [6.45, 7) is 1.44. The summed E-state index contributed by atoms with van der Waals surface area (Å²) in [6.07, 6.45) is 0. The first-order chi connectivity index (χ1) is 9.93. The maximum atomic E-state index is 13.8. The Kier molecular flexibility index (Phi) is 4.37. The lowest BCUT2D eigenvalue weighted by molar-refractivity contribution is -0.385. The molecule has 0 heterocycles. The van der Waals surface area contributed by atoms with E-state index in [0.717, 1.165) is 12.1 Å². The van der Waals surface area contributed by atoms with Crippen LogP contribution in [0.4, 0.5) is 14.5 Å². The van der Waals surface area contributed by atoms with Crippen LogP contribution in [0.1, 0.15) is 11.1 Å². The van der Waals surface area contributed by atoms with Crippen molar-refractivity contribution < 1.29 is 18.4 Å². The maximum Gasteiger partial charge on any atom is 0.276 e. The van der Waals surface area contributed by atoms with Gasteiger partial charge in [0, 0.05) is 11.9 Å². The van der Waals surface area contributed by atoms with Gasteiger partial charge in [-0.3, -0.25) is 10.1 Å². The Morgan fingerprint density at radius 1 is 1.29 bits per heavy atom. The zero-order chi connectivity index (χ0) is 15.6. The van der Waals surface area contributed by atoms with Gasteiger partial charge in [0.25, 0.3) is 5.69 Å². The largest absolute Gasteiger partial charge is 0.451 e. The van der Waals surface area contributed by atoms with Crippen LogP contribution in [-0.4, -0.2) is 4.92 Å². The highest BCUT2D eigenvalue weighted by molar-refractivity contribution is 6.17. The standard InChI is InChI=1S/C14H10ClF2NO3/c1-8-12(18(19)20)3-2-4-13(8)21-14-10(16)5-9(7-15)6-11(14)17/h2-6H,7H2,1H3. The summed E-state index contributed by atoms with van der Waals surface area (Å²) in [7, 11) is 0. The van der Waals surface area contributed by atoms with Gasteiger partial charge in [-0.05, 0) is 30.7 Å². The molecule has 0 saturated heterocycles. The van der Waals surface area contributed by atoms with E-state index in [0.29, 0.717) is 0 Å². The van der Waals surface area contributed by atoms with Gasteiger partial charge in [-0.2, -0.15) is 0 Å². The number of nitro groups is 1. The van der Waals surface area contributed by atoms with Crippen molar-refractivity contribution in [1.29, 1.82) is 0 Å². The predicted octanol–water partition coefficient (Wildman–Crippen LogP) is 4.71. The molecule has 0 aliphatic rings. The van der Waals surface area contributed by atoms with Crippen LogP contribution in [0.3, 0.4) is 0 Å². The van der Waals surface area contributed by atoms with Crippen LogP contribution in [0.5, 0.6) is 11.5 Å². The first-order valence-electron chi connectivity index (χ1n) is 5.89. The van der Waals surface area contributed by atoms with Crippen LogP contribution in [0, 0.1) is 28.7 Å². The normalized spacial score (nSPS) is 10.5. The molecule has 0 spiro atoms. The molecule has 2 aromatic rings. The second kappa shape index (κ2) is 6.05. The van der Waals surface area contributed by atoms with Crippen molar-refractivity contribution >= 4 is 17.3 Å². The van der Waals surface area contributed by atoms with Crippen molar-refractivity contribution in [2.75, 3.05) is 0 Å². The minimum absolute atomic E-state index is 0.0145. The molecule has 4 nitrogen and oxygen atoms in total. The number of ether oxygens (including phenoxy) is 1. The Morgan fingerprint density at radius 3 is 2.43 bits per heavy atom. The van der Waals surface area contributed by atoms with Gasteiger partial charge in [0.1, 0.15) is 5.75 Å². The Balaban J connectivity index is 2.44. The average molecular weight is 314 g/mol. The van der Waals surface area contributed by atoms with Crippen LogP contribution >= 0.6 is 11.6 Å². The fraction of sp³-hybridized carbons (Fsp3) is 0.143. The molecule has 0 fully saturated rings. The van der Waals surface area contributed by atoms with Gasteiger partial charge in [0.05, 0.1) is 10.5 Å². The van der Waals surface area contributed by atoms with E-state index in [1.165, 1.54) is 25.1 Å². The van der Waals surface area contributed by atoms with Gasteiger partial charge >= 0.3 is 0 Å². The van der Waals surface area contributed by atoms with E-state index in [-0.39, 0.29) is 28.4 Å². The molecule has 7 heteroatoms. The SMILES string of the molecule is Cc1c(Oc2c(F)cc(CCl)cc2F)cccc1[N+](=O)[O-]. The number of rotatable bonds is 4. The molecule has 0 amide bonds. The Hall–Kier alpha value is -2.21. The Morgan fingerprint density at radius 2 is 1.90 bits per heavy atom. The third-order valence-electron chi connectivity index (χ3n) is 2.88. The molecular formula is C14H10ClF2NO3. The number of halogens is 3.